The molecule has 2 heterocycles. The van der Waals surface area contributed by atoms with Gasteiger partial charge in [0.25, 0.3) is 11.8 Å². The number of nitrogens with one attached hydrogen (secondary N) is 2. The van der Waals surface area contributed by atoms with Gasteiger partial charge in [0.2, 0.25) is 0 Å². The zero-order valence-electron chi connectivity index (χ0n) is 17.4. The molecule has 0 saturated heterocycles. The third kappa shape index (κ3) is 4.56. The van der Waals surface area contributed by atoms with Crippen molar-refractivity contribution in [1.29, 1.82) is 0 Å². The lowest BCUT2D eigenvalue weighted by atomic mass is 10.1. The van der Waals surface area contributed by atoms with Crippen LogP contribution in [-0.2, 0) is 6.18 Å². The second-order valence-corrected chi connectivity index (χ2v) is 7.64. The SMILES string of the molecule is Cc1noc(-c2ccccc2C(=O)NC2CCC[C@@H]2Nc2ncc(C(F)(F)F)nc2C)n1. The maximum absolute atomic E-state index is 13.0. The zero-order chi connectivity index (χ0) is 22.9. The molecule has 168 valence electrons. The van der Waals surface area contributed by atoms with Gasteiger partial charge < -0.3 is 15.2 Å². The lowest BCUT2D eigenvalue weighted by Crippen LogP contribution is -2.43. The molecular formula is C21H21F3N6O2. The van der Waals surface area contributed by atoms with Crippen molar-refractivity contribution in [2.24, 2.45) is 0 Å². The van der Waals surface area contributed by atoms with Crippen molar-refractivity contribution in [2.75, 3.05) is 5.32 Å². The smallest absolute Gasteiger partial charge is 0.364 e. The van der Waals surface area contributed by atoms with Crippen LogP contribution >= 0.6 is 0 Å². The normalized spacial score (nSPS) is 18.5. The van der Waals surface area contributed by atoms with Crippen LogP contribution in [0.15, 0.2) is 35.0 Å². The van der Waals surface area contributed by atoms with Crippen LogP contribution in [0.1, 0.15) is 46.8 Å². The number of rotatable bonds is 5. The van der Waals surface area contributed by atoms with E-state index in [-0.39, 0.29) is 35.4 Å². The van der Waals surface area contributed by atoms with Gasteiger partial charge in [-0.1, -0.05) is 17.3 Å². The fourth-order valence-corrected chi connectivity index (χ4v) is 3.76. The highest BCUT2D eigenvalue weighted by atomic mass is 19.4. The Hall–Kier alpha value is -3.50. The minimum Gasteiger partial charge on any atom is -0.364 e. The average molecular weight is 446 g/mol. The van der Waals surface area contributed by atoms with Gasteiger partial charge >= 0.3 is 6.18 Å². The first kappa shape index (κ1) is 21.7. The number of aryl methyl sites for hydroxylation is 2. The summed E-state index contributed by atoms with van der Waals surface area (Å²) in [6, 6.07) is 6.50. The minimum absolute atomic E-state index is 0.147. The number of hydrogen-bond acceptors (Lipinski definition) is 7. The number of benzene rings is 1. The van der Waals surface area contributed by atoms with Crippen LogP contribution in [0, 0.1) is 13.8 Å². The number of anilines is 1. The van der Waals surface area contributed by atoms with Gasteiger partial charge in [-0.25, -0.2) is 9.97 Å². The van der Waals surface area contributed by atoms with Gasteiger partial charge in [0, 0.05) is 12.1 Å². The summed E-state index contributed by atoms with van der Waals surface area (Å²) in [5.41, 5.74) is 0.0310. The maximum atomic E-state index is 13.0. The lowest BCUT2D eigenvalue weighted by Gasteiger charge is -2.24. The van der Waals surface area contributed by atoms with E-state index in [1.54, 1.807) is 31.2 Å². The second kappa shape index (κ2) is 8.56. The van der Waals surface area contributed by atoms with Crippen LogP contribution in [0.3, 0.4) is 0 Å². The first-order valence-electron chi connectivity index (χ1n) is 10.1. The third-order valence-electron chi connectivity index (χ3n) is 5.32. The Morgan fingerprint density at radius 1 is 1.12 bits per heavy atom. The predicted octanol–water partition coefficient (Wildman–Crippen LogP) is 3.93. The molecule has 11 heteroatoms. The molecule has 2 N–H and O–H groups in total. The second-order valence-electron chi connectivity index (χ2n) is 7.64. The topological polar surface area (TPSA) is 106 Å². The Balaban J connectivity index is 1.49. The molecule has 4 rings (SSSR count). The molecule has 1 unspecified atom stereocenters. The summed E-state index contributed by atoms with van der Waals surface area (Å²) in [6.45, 7) is 3.16. The summed E-state index contributed by atoms with van der Waals surface area (Å²) >= 11 is 0. The number of alkyl halides is 3. The first-order chi connectivity index (χ1) is 15.2. The van der Waals surface area contributed by atoms with Crippen molar-refractivity contribution >= 4 is 11.7 Å². The van der Waals surface area contributed by atoms with Crippen LogP contribution in [0.4, 0.5) is 19.0 Å². The van der Waals surface area contributed by atoms with E-state index in [2.05, 4.69) is 30.7 Å². The van der Waals surface area contributed by atoms with Crippen LogP contribution in [0.2, 0.25) is 0 Å². The molecule has 3 aromatic rings. The van der Waals surface area contributed by atoms with E-state index in [9.17, 15) is 18.0 Å². The Kier molecular flexibility index (Phi) is 5.81. The van der Waals surface area contributed by atoms with Crippen molar-refractivity contribution < 1.29 is 22.5 Å². The monoisotopic (exact) mass is 446 g/mol. The van der Waals surface area contributed by atoms with Crippen LogP contribution in [-0.4, -0.2) is 38.1 Å². The van der Waals surface area contributed by atoms with Gasteiger partial charge in [0.15, 0.2) is 11.5 Å². The number of aromatic nitrogens is 4. The summed E-state index contributed by atoms with van der Waals surface area (Å²) in [5, 5.41) is 9.94. The molecule has 1 fully saturated rings. The lowest BCUT2D eigenvalue weighted by molar-refractivity contribution is -0.141. The molecule has 8 nitrogen and oxygen atoms in total. The van der Waals surface area contributed by atoms with E-state index in [0.29, 0.717) is 23.1 Å². The fourth-order valence-electron chi connectivity index (χ4n) is 3.76. The number of nitrogens with zero attached hydrogens (tertiary/aromatic N) is 4. The molecular weight excluding hydrogens is 425 g/mol. The van der Waals surface area contributed by atoms with Crippen molar-refractivity contribution in [3.8, 4) is 11.5 Å². The van der Waals surface area contributed by atoms with Gasteiger partial charge in [0.05, 0.1) is 23.0 Å². The Morgan fingerprint density at radius 3 is 2.56 bits per heavy atom. The van der Waals surface area contributed by atoms with Gasteiger partial charge in [-0.3, -0.25) is 4.79 Å². The predicted molar refractivity (Wildman–Crippen MR) is 109 cm³/mol. The van der Waals surface area contributed by atoms with E-state index in [1.807, 2.05) is 0 Å². The zero-order valence-corrected chi connectivity index (χ0v) is 17.4. The van der Waals surface area contributed by atoms with Gasteiger partial charge in [-0.2, -0.15) is 18.2 Å². The highest BCUT2D eigenvalue weighted by Crippen LogP contribution is 2.29. The maximum Gasteiger partial charge on any atom is 0.434 e. The van der Waals surface area contributed by atoms with Gasteiger partial charge in [-0.05, 0) is 45.2 Å². The van der Waals surface area contributed by atoms with E-state index in [1.165, 1.54) is 6.92 Å². The standard InChI is InChI=1S/C21H21F3N6O2/c1-11-18(25-10-17(26-11)21(22,23)24)28-15-8-5-9-16(15)29-19(31)13-6-3-4-7-14(13)20-27-12(2)30-32-20/h3-4,6-7,10,15-16H,5,8-9H2,1-2H3,(H,25,28)(H,29,31)/t15-,16?/m0/s1. The van der Waals surface area contributed by atoms with Crippen molar-refractivity contribution in [3.63, 3.8) is 0 Å². The quantitative estimate of drug-likeness (QED) is 0.612. The molecule has 1 aliphatic rings. The van der Waals surface area contributed by atoms with E-state index < -0.39 is 11.9 Å². The van der Waals surface area contributed by atoms with Crippen LogP contribution < -0.4 is 10.6 Å². The number of amides is 1. The molecule has 1 aromatic carbocycles. The molecule has 1 saturated carbocycles. The third-order valence-corrected chi connectivity index (χ3v) is 5.32. The molecule has 2 atom stereocenters. The highest BCUT2D eigenvalue weighted by Gasteiger charge is 2.34. The Bertz CT molecular complexity index is 1130. The molecule has 2 aromatic heterocycles. The first-order valence-corrected chi connectivity index (χ1v) is 10.1. The summed E-state index contributed by atoms with van der Waals surface area (Å²) in [5.74, 6) is 0.685. The fraction of sp³-hybridized carbons (Fsp3) is 0.381. The van der Waals surface area contributed by atoms with Crippen molar-refractivity contribution in [2.45, 2.75) is 51.4 Å². The van der Waals surface area contributed by atoms with Gasteiger partial charge in [-0.15, -0.1) is 0 Å². The van der Waals surface area contributed by atoms with Crippen LogP contribution in [0.25, 0.3) is 11.5 Å². The van der Waals surface area contributed by atoms with Crippen molar-refractivity contribution in [3.05, 3.63) is 53.2 Å². The highest BCUT2D eigenvalue weighted by molar-refractivity contribution is 6.00. The van der Waals surface area contributed by atoms with Gasteiger partial charge in [0.1, 0.15) is 5.82 Å². The van der Waals surface area contributed by atoms with E-state index >= 15 is 0 Å². The summed E-state index contributed by atoms with van der Waals surface area (Å²) < 4.78 is 43.7. The summed E-state index contributed by atoms with van der Waals surface area (Å²) in [7, 11) is 0. The average Bonchev–Trinajstić information content (AvgIpc) is 3.37. The molecule has 0 radical (unpaired) electrons. The Morgan fingerprint density at radius 2 is 1.88 bits per heavy atom. The molecule has 32 heavy (non-hydrogen) atoms. The number of hydrogen-bond donors (Lipinski definition) is 2. The summed E-state index contributed by atoms with van der Waals surface area (Å²) in [4.78, 5) is 24.7. The molecule has 1 amide bonds. The molecule has 1 aliphatic carbocycles. The summed E-state index contributed by atoms with van der Waals surface area (Å²) in [6.07, 6.45) is -1.54. The molecule has 0 spiro atoms. The number of halogens is 3. The number of carbonyl (C=O) groups excluding carboxylic acids is 1. The van der Waals surface area contributed by atoms with Crippen LogP contribution in [0.5, 0.6) is 0 Å². The Labute approximate surface area is 181 Å². The minimum atomic E-state index is -4.55. The van der Waals surface area contributed by atoms with E-state index in [4.69, 9.17) is 4.52 Å². The van der Waals surface area contributed by atoms with Crippen molar-refractivity contribution in [1.82, 2.24) is 25.4 Å². The largest absolute Gasteiger partial charge is 0.434 e. The number of carbonyl (C=O) groups is 1. The molecule has 0 bridgehead atoms. The molecule has 0 aliphatic heterocycles. The van der Waals surface area contributed by atoms with E-state index in [0.717, 1.165) is 19.3 Å².